The Kier molecular flexibility index (Phi) is 5.37. The third kappa shape index (κ3) is 4.31. The molecule has 1 aliphatic heterocycles. The molecule has 0 saturated carbocycles. The SMILES string of the molecule is C/C(=N\Nc1cc(C)nc(N2CCOCC2)n1)c1ccc([N+](=O)[O-])cc1. The minimum absolute atomic E-state index is 0.0519. The fourth-order valence-electron chi connectivity index (χ4n) is 2.54. The van der Waals surface area contributed by atoms with Crippen LogP contribution >= 0.6 is 0 Å². The molecule has 0 spiro atoms. The third-order valence-corrected chi connectivity index (χ3v) is 3.97. The van der Waals surface area contributed by atoms with E-state index in [1.54, 1.807) is 12.1 Å². The van der Waals surface area contributed by atoms with Crippen molar-refractivity contribution in [1.82, 2.24) is 9.97 Å². The van der Waals surface area contributed by atoms with Crippen LogP contribution < -0.4 is 10.3 Å². The number of aromatic nitrogens is 2. The van der Waals surface area contributed by atoms with Gasteiger partial charge in [0, 0.05) is 37.0 Å². The van der Waals surface area contributed by atoms with Crippen LogP contribution in [0.3, 0.4) is 0 Å². The van der Waals surface area contributed by atoms with Crippen molar-refractivity contribution in [2.45, 2.75) is 13.8 Å². The predicted molar refractivity (Wildman–Crippen MR) is 98.7 cm³/mol. The Morgan fingerprint density at radius 3 is 2.62 bits per heavy atom. The van der Waals surface area contributed by atoms with Crippen molar-refractivity contribution >= 4 is 23.2 Å². The number of non-ortho nitro benzene ring substituents is 1. The minimum atomic E-state index is -0.425. The van der Waals surface area contributed by atoms with Crippen molar-refractivity contribution in [3.05, 3.63) is 51.7 Å². The van der Waals surface area contributed by atoms with Crippen molar-refractivity contribution in [3.63, 3.8) is 0 Å². The Balaban J connectivity index is 1.74. The van der Waals surface area contributed by atoms with E-state index in [9.17, 15) is 10.1 Å². The predicted octanol–water partition coefficient (Wildman–Crippen LogP) is 2.37. The van der Waals surface area contributed by atoms with Crippen LogP contribution in [0.25, 0.3) is 0 Å². The van der Waals surface area contributed by atoms with Gasteiger partial charge in [-0.05, 0) is 31.5 Å². The number of anilines is 2. The molecule has 1 N–H and O–H groups in total. The van der Waals surface area contributed by atoms with Crippen LogP contribution in [0.2, 0.25) is 0 Å². The summed E-state index contributed by atoms with van der Waals surface area (Å²) in [5.74, 6) is 1.25. The number of nitrogens with one attached hydrogen (secondary N) is 1. The van der Waals surface area contributed by atoms with Crippen LogP contribution in [-0.4, -0.2) is 46.9 Å². The van der Waals surface area contributed by atoms with Gasteiger partial charge < -0.3 is 9.64 Å². The Bertz CT molecular complexity index is 816. The molecule has 26 heavy (non-hydrogen) atoms. The van der Waals surface area contributed by atoms with Crippen LogP contribution in [0.4, 0.5) is 17.5 Å². The summed E-state index contributed by atoms with van der Waals surface area (Å²) in [5, 5.41) is 15.1. The number of aryl methyl sites for hydroxylation is 1. The Hall–Kier alpha value is -3.07. The van der Waals surface area contributed by atoms with E-state index in [2.05, 4.69) is 25.4 Å². The summed E-state index contributed by atoms with van der Waals surface area (Å²) in [6.45, 7) is 6.58. The highest BCUT2D eigenvalue weighted by Gasteiger charge is 2.15. The zero-order valence-corrected chi connectivity index (χ0v) is 14.7. The van der Waals surface area contributed by atoms with Crippen molar-refractivity contribution in [3.8, 4) is 0 Å². The van der Waals surface area contributed by atoms with Gasteiger partial charge in [0.15, 0.2) is 5.82 Å². The topological polar surface area (TPSA) is 106 Å². The number of hydrogen-bond acceptors (Lipinski definition) is 8. The second-order valence-electron chi connectivity index (χ2n) is 5.91. The standard InChI is InChI=1S/C17H20N6O3/c1-12-11-16(19-17(18-12)22-7-9-26-10-8-22)21-20-13(2)14-3-5-15(6-4-14)23(24)25/h3-6,11H,7-10H2,1-2H3,(H,18,19,21)/b20-13+. The molecule has 0 aliphatic carbocycles. The molecule has 0 unspecified atom stereocenters. The minimum Gasteiger partial charge on any atom is -0.378 e. The maximum atomic E-state index is 10.7. The van der Waals surface area contributed by atoms with E-state index in [0.29, 0.717) is 30.7 Å². The number of hydrazone groups is 1. The van der Waals surface area contributed by atoms with Gasteiger partial charge >= 0.3 is 0 Å². The maximum Gasteiger partial charge on any atom is 0.269 e. The van der Waals surface area contributed by atoms with Crippen molar-refractivity contribution in [2.75, 3.05) is 36.6 Å². The molecule has 2 heterocycles. The van der Waals surface area contributed by atoms with Gasteiger partial charge in [-0.1, -0.05) is 0 Å². The third-order valence-electron chi connectivity index (χ3n) is 3.97. The number of nitro benzene ring substituents is 1. The highest BCUT2D eigenvalue weighted by atomic mass is 16.6. The molecule has 1 aromatic heterocycles. The van der Waals surface area contributed by atoms with Crippen molar-refractivity contribution in [1.29, 1.82) is 0 Å². The summed E-state index contributed by atoms with van der Waals surface area (Å²) < 4.78 is 5.36. The molecule has 136 valence electrons. The van der Waals surface area contributed by atoms with Crippen molar-refractivity contribution < 1.29 is 9.66 Å². The second kappa shape index (κ2) is 7.87. The molecule has 0 radical (unpaired) electrons. The molecule has 1 aromatic carbocycles. The van der Waals surface area contributed by atoms with Gasteiger partial charge in [0.25, 0.3) is 5.69 Å². The number of benzene rings is 1. The molecular weight excluding hydrogens is 336 g/mol. The summed E-state index contributed by atoms with van der Waals surface area (Å²) in [4.78, 5) is 21.4. The van der Waals surface area contributed by atoms with E-state index in [-0.39, 0.29) is 5.69 Å². The highest BCUT2D eigenvalue weighted by Crippen LogP contribution is 2.16. The van der Waals surface area contributed by atoms with E-state index in [4.69, 9.17) is 4.74 Å². The van der Waals surface area contributed by atoms with Gasteiger partial charge in [0.1, 0.15) is 0 Å². The molecule has 1 aliphatic rings. The molecule has 0 atom stereocenters. The summed E-state index contributed by atoms with van der Waals surface area (Å²) in [7, 11) is 0. The lowest BCUT2D eigenvalue weighted by Gasteiger charge is -2.27. The van der Waals surface area contributed by atoms with Gasteiger partial charge in [-0.15, -0.1) is 0 Å². The number of morpholine rings is 1. The van der Waals surface area contributed by atoms with Gasteiger partial charge in [-0.3, -0.25) is 15.5 Å². The molecule has 1 fully saturated rings. The van der Waals surface area contributed by atoms with Crippen LogP contribution in [-0.2, 0) is 4.74 Å². The highest BCUT2D eigenvalue weighted by molar-refractivity contribution is 5.99. The Morgan fingerprint density at radius 1 is 1.27 bits per heavy atom. The maximum absolute atomic E-state index is 10.7. The summed E-state index contributed by atoms with van der Waals surface area (Å²) in [6.07, 6.45) is 0. The summed E-state index contributed by atoms with van der Waals surface area (Å²) >= 11 is 0. The van der Waals surface area contributed by atoms with E-state index in [0.717, 1.165) is 24.3 Å². The zero-order valence-electron chi connectivity index (χ0n) is 14.7. The lowest BCUT2D eigenvalue weighted by atomic mass is 10.1. The number of rotatable bonds is 5. The molecule has 0 amide bonds. The molecule has 3 rings (SSSR count). The molecule has 9 nitrogen and oxygen atoms in total. The van der Waals surface area contributed by atoms with Crippen LogP contribution in [0.5, 0.6) is 0 Å². The van der Waals surface area contributed by atoms with Crippen LogP contribution in [0.15, 0.2) is 35.4 Å². The number of nitro groups is 1. The first-order valence-electron chi connectivity index (χ1n) is 8.26. The first-order chi connectivity index (χ1) is 12.5. The Labute approximate surface area is 150 Å². The lowest BCUT2D eigenvalue weighted by molar-refractivity contribution is -0.384. The first-order valence-corrected chi connectivity index (χ1v) is 8.26. The van der Waals surface area contributed by atoms with E-state index in [1.807, 2.05) is 19.9 Å². The lowest BCUT2D eigenvalue weighted by Crippen LogP contribution is -2.37. The fourth-order valence-corrected chi connectivity index (χ4v) is 2.54. The zero-order chi connectivity index (χ0) is 18.5. The second-order valence-corrected chi connectivity index (χ2v) is 5.91. The monoisotopic (exact) mass is 356 g/mol. The average molecular weight is 356 g/mol. The molecular formula is C17H20N6O3. The number of nitrogens with zero attached hydrogens (tertiary/aromatic N) is 5. The van der Waals surface area contributed by atoms with Crippen LogP contribution in [0, 0.1) is 17.0 Å². The summed E-state index contributed by atoms with van der Waals surface area (Å²) in [6, 6.07) is 8.07. The van der Waals surface area contributed by atoms with Crippen molar-refractivity contribution in [2.24, 2.45) is 5.10 Å². The largest absolute Gasteiger partial charge is 0.378 e. The van der Waals surface area contributed by atoms with Gasteiger partial charge in [-0.2, -0.15) is 10.1 Å². The van der Waals surface area contributed by atoms with E-state index < -0.39 is 4.92 Å². The molecule has 2 aromatic rings. The normalized spacial score (nSPS) is 15.0. The number of hydrogen-bond donors (Lipinski definition) is 1. The quantitative estimate of drug-likeness (QED) is 0.498. The van der Waals surface area contributed by atoms with Crippen LogP contribution in [0.1, 0.15) is 18.2 Å². The van der Waals surface area contributed by atoms with Gasteiger partial charge in [0.2, 0.25) is 5.95 Å². The molecule has 0 bridgehead atoms. The molecule has 1 saturated heterocycles. The average Bonchev–Trinajstić information content (AvgIpc) is 2.66. The molecule has 9 heteroatoms. The van der Waals surface area contributed by atoms with E-state index >= 15 is 0 Å². The Morgan fingerprint density at radius 2 is 1.96 bits per heavy atom. The summed E-state index contributed by atoms with van der Waals surface area (Å²) in [5.41, 5.74) is 5.33. The van der Waals surface area contributed by atoms with E-state index in [1.165, 1.54) is 12.1 Å². The smallest absolute Gasteiger partial charge is 0.269 e. The fraction of sp³-hybridized carbons (Fsp3) is 0.353. The first kappa shape index (κ1) is 17.7. The number of ether oxygens (including phenoxy) is 1. The van der Waals surface area contributed by atoms with Gasteiger partial charge in [0.05, 0.1) is 23.8 Å². The van der Waals surface area contributed by atoms with Gasteiger partial charge in [-0.25, -0.2) is 4.98 Å².